The predicted molar refractivity (Wildman–Crippen MR) is 135 cm³/mol. The highest BCUT2D eigenvalue weighted by atomic mass is 16.5. The third-order valence-electron chi connectivity index (χ3n) is 7.86. The second kappa shape index (κ2) is 8.63. The van der Waals surface area contributed by atoms with Crippen molar-refractivity contribution in [3.63, 3.8) is 0 Å². The molecule has 1 N–H and O–H groups in total. The summed E-state index contributed by atoms with van der Waals surface area (Å²) in [5, 5.41) is 9.31. The largest absolute Gasteiger partial charge is 0.493 e. The van der Waals surface area contributed by atoms with Crippen LogP contribution < -0.4 is 9.47 Å². The molecule has 0 amide bonds. The van der Waals surface area contributed by atoms with Crippen LogP contribution in [0.25, 0.3) is 11.1 Å². The highest BCUT2D eigenvalue weighted by Crippen LogP contribution is 2.61. The summed E-state index contributed by atoms with van der Waals surface area (Å²) in [6.45, 7) is 9.03. The summed E-state index contributed by atoms with van der Waals surface area (Å²) in [5.74, 6) is 0.922. The van der Waals surface area contributed by atoms with Crippen LogP contribution in [0, 0.1) is 31.1 Å². The minimum atomic E-state index is -0.693. The molecule has 1 aliphatic heterocycles. The van der Waals surface area contributed by atoms with Crippen LogP contribution in [-0.4, -0.2) is 35.9 Å². The number of hydrogen-bond donors (Lipinski definition) is 1. The molecule has 6 rings (SSSR count). The summed E-state index contributed by atoms with van der Waals surface area (Å²) in [6, 6.07) is 14.6. The van der Waals surface area contributed by atoms with E-state index in [-0.39, 0.29) is 23.2 Å². The van der Waals surface area contributed by atoms with Crippen molar-refractivity contribution in [1.82, 2.24) is 4.98 Å². The fourth-order valence-electron chi connectivity index (χ4n) is 5.91. The molecule has 3 atom stereocenters. The van der Waals surface area contributed by atoms with Gasteiger partial charge in [-0.15, -0.1) is 0 Å². The maximum Gasteiger partial charge on any atom is 0.307 e. The molecule has 1 saturated heterocycles. The molecule has 1 aromatic heterocycles. The second-order valence-electron chi connectivity index (χ2n) is 11.0. The maximum atomic E-state index is 11.3. The van der Waals surface area contributed by atoms with Crippen molar-refractivity contribution in [2.75, 3.05) is 19.8 Å². The third kappa shape index (κ3) is 4.13. The molecular formula is C30H31NO5. The van der Waals surface area contributed by atoms with Crippen molar-refractivity contribution in [1.29, 1.82) is 0 Å². The number of aromatic nitrogens is 1. The molecule has 0 bridgehead atoms. The normalized spacial score (nSPS) is 22.8. The van der Waals surface area contributed by atoms with Crippen molar-refractivity contribution in [3.05, 3.63) is 76.5 Å². The van der Waals surface area contributed by atoms with Gasteiger partial charge in [0.1, 0.15) is 12.4 Å². The van der Waals surface area contributed by atoms with Gasteiger partial charge in [-0.1, -0.05) is 25.1 Å². The first-order valence-corrected chi connectivity index (χ1v) is 12.6. The van der Waals surface area contributed by atoms with E-state index in [4.69, 9.17) is 14.2 Å². The van der Waals surface area contributed by atoms with Gasteiger partial charge in [0.2, 0.25) is 5.88 Å². The molecular weight excluding hydrogens is 454 g/mol. The van der Waals surface area contributed by atoms with Crippen LogP contribution in [0.3, 0.4) is 0 Å². The number of nitrogens with zero attached hydrogens (tertiary/aromatic N) is 1. The Morgan fingerprint density at radius 3 is 2.61 bits per heavy atom. The lowest BCUT2D eigenvalue weighted by Crippen LogP contribution is -2.44. The smallest absolute Gasteiger partial charge is 0.307 e. The van der Waals surface area contributed by atoms with Gasteiger partial charge in [0.05, 0.1) is 25.7 Å². The van der Waals surface area contributed by atoms with Crippen molar-refractivity contribution < 1.29 is 24.1 Å². The Balaban J connectivity index is 1.13. The molecule has 0 spiro atoms. The highest BCUT2D eigenvalue weighted by Gasteiger charge is 2.59. The minimum Gasteiger partial charge on any atom is -0.493 e. The number of rotatable bonds is 8. The second-order valence-corrected chi connectivity index (χ2v) is 11.0. The van der Waals surface area contributed by atoms with E-state index < -0.39 is 5.97 Å². The Morgan fingerprint density at radius 1 is 1.14 bits per heavy atom. The maximum absolute atomic E-state index is 11.3. The molecule has 2 fully saturated rings. The number of ether oxygens (including phenoxy) is 3. The average Bonchev–Trinajstić information content (AvgIpc) is 3.42. The molecule has 3 unspecified atom stereocenters. The van der Waals surface area contributed by atoms with E-state index >= 15 is 0 Å². The predicted octanol–water partition coefficient (Wildman–Crippen LogP) is 5.33. The third-order valence-corrected chi connectivity index (χ3v) is 7.86. The fraction of sp³-hybridized carbons (Fsp3) is 0.400. The molecule has 6 nitrogen and oxygen atoms in total. The molecule has 1 saturated carbocycles. The molecule has 0 radical (unpaired) electrons. The molecule has 2 aromatic carbocycles. The SMILES string of the molecule is Cc1cc(OCC2(C)COC2)cc(C)c1-c1cccc(COc2cc3c(cn2)C2C(C3)C2C(=O)O)c1. The van der Waals surface area contributed by atoms with Gasteiger partial charge in [-0.25, -0.2) is 4.98 Å². The highest BCUT2D eigenvalue weighted by molar-refractivity contribution is 5.77. The lowest BCUT2D eigenvalue weighted by atomic mass is 9.90. The van der Waals surface area contributed by atoms with Gasteiger partial charge < -0.3 is 19.3 Å². The van der Waals surface area contributed by atoms with E-state index in [0.29, 0.717) is 19.1 Å². The molecule has 2 aliphatic carbocycles. The summed E-state index contributed by atoms with van der Waals surface area (Å²) >= 11 is 0. The zero-order chi connectivity index (χ0) is 25.0. The topological polar surface area (TPSA) is 77.9 Å². The van der Waals surface area contributed by atoms with Crippen LogP contribution in [-0.2, 0) is 22.6 Å². The molecule has 36 heavy (non-hydrogen) atoms. The number of carboxylic acid groups (broad SMARTS) is 1. The van der Waals surface area contributed by atoms with Crippen LogP contribution in [0.5, 0.6) is 11.6 Å². The lowest BCUT2D eigenvalue weighted by Gasteiger charge is -2.37. The van der Waals surface area contributed by atoms with Gasteiger partial charge in [0, 0.05) is 23.6 Å². The van der Waals surface area contributed by atoms with Crippen LogP contribution in [0.2, 0.25) is 0 Å². The fourth-order valence-corrected chi connectivity index (χ4v) is 5.91. The van der Waals surface area contributed by atoms with Gasteiger partial charge in [0.15, 0.2) is 0 Å². The van der Waals surface area contributed by atoms with E-state index in [1.165, 1.54) is 22.3 Å². The monoisotopic (exact) mass is 485 g/mol. The Morgan fingerprint density at radius 2 is 1.92 bits per heavy atom. The van der Waals surface area contributed by atoms with Crippen molar-refractivity contribution >= 4 is 5.97 Å². The van der Waals surface area contributed by atoms with Crippen LogP contribution in [0.1, 0.15) is 40.7 Å². The molecule has 2 heterocycles. The van der Waals surface area contributed by atoms with Gasteiger partial charge in [-0.3, -0.25) is 4.79 Å². The van der Waals surface area contributed by atoms with Gasteiger partial charge in [0.25, 0.3) is 0 Å². The first-order valence-electron chi connectivity index (χ1n) is 12.6. The first kappa shape index (κ1) is 23.0. The zero-order valence-corrected chi connectivity index (χ0v) is 20.9. The molecule has 6 heteroatoms. The van der Waals surface area contributed by atoms with E-state index in [0.717, 1.165) is 42.1 Å². The summed E-state index contributed by atoms with van der Waals surface area (Å²) in [4.78, 5) is 15.8. The first-order chi connectivity index (χ1) is 17.3. The summed E-state index contributed by atoms with van der Waals surface area (Å²) in [6.07, 6.45) is 2.61. The van der Waals surface area contributed by atoms with E-state index in [9.17, 15) is 9.90 Å². The van der Waals surface area contributed by atoms with Crippen LogP contribution in [0.4, 0.5) is 0 Å². The van der Waals surface area contributed by atoms with Gasteiger partial charge >= 0.3 is 5.97 Å². The Hall–Kier alpha value is -3.38. The summed E-state index contributed by atoms with van der Waals surface area (Å²) in [5.41, 5.74) is 8.16. The number of aliphatic carboxylic acids is 1. The van der Waals surface area contributed by atoms with Crippen LogP contribution >= 0.6 is 0 Å². The number of benzene rings is 2. The summed E-state index contributed by atoms with van der Waals surface area (Å²) in [7, 11) is 0. The van der Waals surface area contributed by atoms with E-state index in [1.807, 2.05) is 12.3 Å². The Labute approximate surface area is 211 Å². The van der Waals surface area contributed by atoms with E-state index in [1.54, 1.807) is 0 Å². The average molecular weight is 486 g/mol. The molecule has 3 aliphatic rings. The zero-order valence-electron chi connectivity index (χ0n) is 20.9. The Bertz CT molecular complexity index is 1320. The van der Waals surface area contributed by atoms with Crippen molar-refractivity contribution in [2.24, 2.45) is 17.3 Å². The Kier molecular flexibility index (Phi) is 5.52. The quantitative estimate of drug-likeness (QED) is 0.465. The molecule has 186 valence electrons. The molecule has 3 aromatic rings. The number of hydrogen-bond acceptors (Lipinski definition) is 5. The van der Waals surface area contributed by atoms with Crippen LogP contribution in [0.15, 0.2) is 48.7 Å². The standard InChI is InChI=1S/C30H31NO5/c1-17-7-22(36-16-30(3)14-34-15-30)8-18(2)26(17)20-6-4-5-19(9-20)13-35-25-11-21-10-23-27(24(21)12-31-25)28(23)29(32)33/h4-9,11-12,23,27-28H,10,13-16H2,1-3H3,(H,32,33). The van der Waals surface area contributed by atoms with Crippen molar-refractivity contribution in [3.8, 4) is 22.8 Å². The summed E-state index contributed by atoms with van der Waals surface area (Å²) < 4.78 is 17.5. The van der Waals surface area contributed by atoms with Gasteiger partial charge in [-0.2, -0.15) is 0 Å². The number of fused-ring (bicyclic) bond motifs is 3. The number of pyridine rings is 1. The number of carbonyl (C=O) groups is 1. The van der Waals surface area contributed by atoms with Gasteiger partial charge in [-0.05, 0) is 83.3 Å². The van der Waals surface area contributed by atoms with Crippen molar-refractivity contribution in [2.45, 2.75) is 39.7 Å². The number of aryl methyl sites for hydroxylation is 2. The number of carboxylic acids is 1. The lowest BCUT2D eigenvalue weighted by molar-refractivity contribution is -0.139. The van der Waals surface area contributed by atoms with E-state index in [2.05, 4.69) is 62.2 Å². The minimum absolute atomic E-state index is 0.115.